The highest BCUT2D eigenvalue weighted by atomic mass is 35.5. The minimum atomic E-state index is 0.539. The van der Waals surface area contributed by atoms with E-state index in [1.54, 1.807) is 11.3 Å². The number of nitrogens with zero attached hydrogens (tertiary/aromatic N) is 4. The Morgan fingerprint density at radius 1 is 1.20 bits per heavy atom. The Bertz CT molecular complexity index is 742. The van der Waals surface area contributed by atoms with Gasteiger partial charge in [0.25, 0.3) is 0 Å². The summed E-state index contributed by atoms with van der Waals surface area (Å²) in [7, 11) is 0. The summed E-state index contributed by atoms with van der Waals surface area (Å²) in [6, 6.07) is 8.20. The van der Waals surface area contributed by atoms with E-state index in [0.717, 1.165) is 26.9 Å². The fourth-order valence-corrected chi connectivity index (χ4v) is 3.44. The topological polar surface area (TPSA) is 43.1 Å². The predicted octanol–water partition coefficient (Wildman–Crippen LogP) is 3.86. The van der Waals surface area contributed by atoms with Crippen molar-refractivity contribution in [2.45, 2.75) is 31.1 Å². The molecule has 0 saturated heterocycles. The minimum Gasteiger partial charge on any atom is -0.187 e. The molecule has 2 heterocycles. The minimum absolute atomic E-state index is 0.539. The molecule has 0 bridgehead atoms. The molecule has 0 unspecified atom stereocenters. The van der Waals surface area contributed by atoms with Gasteiger partial charge in [0.2, 0.25) is 4.96 Å². The largest absolute Gasteiger partial charge is 0.234 e. The van der Waals surface area contributed by atoms with Crippen molar-refractivity contribution in [1.29, 1.82) is 0 Å². The second-order valence-electron chi connectivity index (χ2n) is 5.12. The first-order valence-electron chi connectivity index (χ1n) is 6.72. The van der Waals surface area contributed by atoms with Gasteiger partial charge in [-0.1, -0.05) is 42.0 Å². The number of benzene rings is 1. The molecule has 0 N–H and O–H groups in total. The summed E-state index contributed by atoms with van der Waals surface area (Å²) < 4.78 is 1.92. The fraction of sp³-hybridized carbons (Fsp3) is 0.357. The van der Waals surface area contributed by atoms with Crippen LogP contribution in [-0.4, -0.2) is 19.8 Å². The Balaban J connectivity index is 1.74. The molecule has 0 spiro atoms. The third-order valence-corrected chi connectivity index (χ3v) is 5.10. The van der Waals surface area contributed by atoms with Gasteiger partial charge in [-0.25, -0.2) is 0 Å². The standard InChI is InChI=1S/C14H13ClN4S/c15-8-9-4-6-11(7-5-9)13-18-19-12(10-2-1-3-10)16-17-14(19)20-13/h4-7,10H,1-3,8H2. The molecule has 1 fully saturated rings. The van der Waals surface area contributed by atoms with Gasteiger partial charge in [0.05, 0.1) is 0 Å². The lowest BCUT2D eigenvalue weighted by Gasteiger charge is -2.22. The van der Waals surface area contributed by atoms with Crippen LogP contribution in [0, 0.1) is 0 Å². The van der Waals surface area contributed by atoms with Crippen molar-refractivity contribution in [2.24, 2.45) is 0 Å². The molecule has 3 aromatic rings. The van der Waals surface area contributed by atoms with Gasteiger partial charge in [0.1, 0.15) is 5.01 Å². The van der Waals surface area contributed by atoms with Crippen LogP contribution in [0.1, 0.15) is 36.6 Å². The maximum Gasteiger partial charge on any atom is 0.234 e. The normalized spacial score (nSPS) is 15.7. The van der Waals surface area contributed by atoms with E-state index in [-0.39, 0.29) is 0 Å². The second kappa shape index (κ2) is 4.82. The van der Waals surface area contributed by atoms with Crippen molar-refractivity contribution < 1.29 is 0 Å². The molecule has 1 aliphatic carbocycles. The molecule has 20 heavy (non-hydrogen) atoms. The number of aromatic nitrogens is 4. The van der Waals surface area contributed by atoms with E-state index in [2.05, 4.69) is 27.4 Å². The summed E-state index contributed by atoms with van der Waals surface area (Å²) in [5.74, 6) is 2.10. The van der Waals surface area contributed by atoms with Crippen LogP contribution in [0.15, 0.2) is 24.3 Å². The van der Waals surface area contributed by atoms with Gasteiger partial charge in [-0.15, -0.1) is 21.8 Å². The van der Waals surface area contributed by atoms with E-state index >= 15 is 0 Å². The monoisotopic (exact) mass is 304 g/mol. The molecule has 1 aromatic carbocycles. The van der Waals surface area contributed by atoms with Crippen LogP contribution in [0.3, 0.4) is 0 Å². The third-order valence-electron chi connectivity index (χ3n) is 3.84. The molecule has 0 radical (unpaired) electrons. The lowest BCUT2D eigenvalue weighted by atomic mass is 9.85. The molecule has 1 saturated carbocycles. The molecule has 0 amide bonds. The summed E-state index contributed by atoms with van der Waals surface area (Å²) in [6.07, 6.45) is 3.70. The van der Waals surface area contributed by atoms with Crippen LogP contribution in [0.4, 0.5) is 0 Å². The van der Waals surface area contributed by atoms with Crippen LogP contribution in [0.5, 0.6) is 0 Å². The molecular formula is C14H13ClN4S. The van der Waals surface area contributed by atoms with E-state index in [1.807, 2.05) is 16.6 Å². The van der Waals surface area contributed by atoms with Crippen LogP contribution in [0.25, 0.3) is 15.5 Å². The maximum atomic E-state index is 5.81. The Morgan fingerprint density at radius 3 is 2.65 bits per heavy atom. The van der Waals surface area contributed by atoms with Crippen LogP contribution in [0.2, 0.25) is 0 Å². The summed E-state index contributed by atoms with van der Waals surface area (Å²) in [5, 5.41) is 14.2. The van der Waals surface area contributed by atoms with Gasteiger partial charge < -0.3 is 0 Å². The van der Waals surface area contributed by atoms with Crippen LogP contribution in [-0.2, 0) is 5.88 Å². The summed E-state index contributed by atoms with van der Waals surface area (Å²) in [4.78, 5) is 0.878. The van der Waals surface area contributed by atoms with Crippen molar-refractivity contribution in [2.75, 3.05) is 0 Å². The SMILES string of the molecule is ClCc1ccc(-c2nn3c(C4CCC4)nnc3s2)cc1. The Hall–Kier alpha value is -1.46. The van der Waals surface area contributed by atoms with Crippen LogP contribution >= 0.6 is 22.9 Å². The number of hydrogen-bond acceptors (Lipinski definition) is 4. The number of rotatable bonds is 3. The lowest BCUT2D eigenvalue weighted by molar-refractivity contribution is 0.395. The van der Waals surface area contributed by atoms with E-state index in [0.29, 0.717) is 11.8 Å². The highest BCUT2D eigenvalue weighted by Crippen LogP contribution is 2.36. The van der Waals surface area contributed by atoms with Crippen LogP contribution < -0.4 is 0 Å². The second-order valence-corrected chi connectivity index (χ2v) is 6.34. The first kappa shape index (κ1) is 12.3. The zero-order valence-corrected chi connectivity index (χ0v) is 12.4. The van der Waals surface area contributed by atoms with E-state index < -0.39 is 0 Å². The lowest BCUT2D eigenvalue weighted by Crippen LogP contribution is -2.12. The van der Waals surface area contributed by atoms with Gasteiger partial charge in [-0.05, 0) is 18.4 Å². The fourth-order valence-electron chi connectivity index (χ4n) is 2.41. The van der Waals surface area contributed by atoms with Gasteiger partial charge in [-0.3, -0.25) is 0 Å². The van der Waals surface area contributed by atoms with Crippen molar-refractivity contribution in [1.82, 2.24) is 19.8 Å². The van der Waals surface area contributed by atoms with E-state index in [9.17, 15) is 0 Å². The number of fused-ring (bicyclic) bond motifs is 1. The molecule has 0 aliphatic heterocycles. The van der Waals surface area contributed by atoms with Gasteiger partial charge >= 0.3 is 0 Å². The zero-order chi connectivity index (χ0) is 13.5. The highest BCUT2D eigenvalue weighted by Gasteiger charge is 2.26. The molecule has 6 heteroatoms. The molecular weight excluding hydrogens is 292 g/mol. The molecule has 102 valence electrons. The van der Waals surface area contributed by atoms with Crippen molar-refractivity contribution in [3.8, 4) is 10.6 Å². The Morgan fingerprint density at radius 2 is 2.00 bits per heavy atom. The van der Waals surface area contributed by atoms with E-state index in [4.69, 9.17) is 11.6 Å². The zero-order valence-electron chi connectivity index (χ0n) is 10.8. The van der Waals surface area contributed by atoms with Gasteiger partial charge in [-0.2, -0.15) is 9.61 Å². The summed E-state index contributed by atoms with van der Waals surface area (Å²) in [5.41, 5.74) is 2.22. The molecule has 2 aromatic heterocycles. The molecule has 4 rings (SSSR count). The number of alkyl halides is 1. The number of halogens is 1. The molecule has 0 atom stereocenters. The smallest absolute Gasteiger partial charge is 0.187 e. The molecule has 1 aliphatic rings. The maximum absolute atomic E-state index is 5.81. The predicted molar refractivity (Wildman–Crippen MR) is 80.2 cm³/mol. The average Bonchev–Trinajstić information content (AvgIpc) is 2.99. The summed E-state index contributed by atoms with van der Waals surface area (Å²) >= 11 is 7.40. The Labute approximate surface area is 125 Å². The van der Waals surface area contributed by atoms with Crippen molar-refractivity contribution in [3.05, 3.63) is 35.7 Å². The van der Waals surface area contributed by atoms with Crippen molar-refractivity contribution >= 4 is 27.9 Å². The third kappa shape index (κ3) is 1.93. The van der Waals surface area contributed by atoms with Crippen molar-refractivity contribution in [3.63, 3.8) is 0 Å². The van der Waals surface area contributed by atoms with Gasteiger partial charge in [0.15, 0.2) is 5.82 Å². The van der Waals surface area contributed by atoms with E-state index in [1.165, 1.54) is 19.3 Å². The average molecular weight is 305 g/mol. The molecule has 4 nitrogen and oxygen atoms in total. The Kier molecular flexibility index (Phi) is 2.97. The highest BCUT2D eigenvalue weighted by molar-refractivity contribution is 7.19. The summed E-state index contributed by atoms with van der Waals surface area (Å²) in [6.45, 7) is 0. The first-order valence-corrected chi connectivity index (χ1v) is 8.07. The van der Waals surface area contributed by atoms with Gasteiger partial charge in [0, 0.05) is 17.4 Å². The quantitative estimate of drug-likeness (QED) is 0.690. The number of hydrogen-bond donors (Lipinski definition) is 0. The first-order chi connectivity index (χ1) is 9.85.